The smallest absolute Gasteiger partial charge is 0.420 e. The van der Waals surface area contributed by atoms with Gasteiger partial charge < -0.3 is 28.6 Å². The second kappa shape index (κ2) is 11.6. The second-order valence-electron chi connectivity index (χ2n) is 11.2. The number of benzene rings is 2. The molecule has 2 amide bonds. The van der Waals surface area contributed by atoms with Gasteiger partial charge in [0.2, 0.25) is 0 Å². The van der Waals surface area contributed by atoms with Crippen LogP contribution in [-0.2, 0) is 31.8 Å². The number of rotatable bonds is 8. The molecule has 0 aliphatic carbocycles. The zero-order valence-electron chi connectivity index (χ0n) is 24.1. The van der Waals surface area contributed by atoms with Gasteiger partial charge in [0.15, 0.2) is 0 Å². The molecule has 0 spiro atoms. The molecule has 0 aromatic heterocycles. The quantitative estimate of drug-likeness (QED) is 0.376. The molecule has 1 fully saturated rings. The zero-order valence-corrected chi connectivity index (χ0v) is 24.1. The van der Waals surface area contributed by atoms with E-state index in [-0.39, 0.29) is 18.9 Å². The van der Waals surface area contributed by atoms with Crippen LogP contribution in [0.25, 0.3) is 0 Å². The van der Waals surface area contributed by atoms with Gasteiger partial charge in [0.05, 0.1) is 25.8 Å². The molecular formula is C29H35F3N2O7. The van der Waals surface area contributed by atoms with Crippen molar-refractivity contribution in [3.63, 3.8) is 0 Å². The van der Waals surface area contributed by atoms with Crippen LogP contribution in [0, 0.1) is 0 Å². The maximum Gasteiger partial charge on any atom is 0.420 e. The van der Waals surface area contributed by atoms with Gasteiger partial charge in [-0.1, -0.05) is 12.1 Å². The molecule has 1 saturated heterocycles. The minimum Gasteiger partial charge on any atom is -0.497 e. The summed E-state index contributed by atoms with van der Waals surface area (Å²) < 4.78 is 64.3. The number of carbonyl (C=O) groups excluding carboxylic acids is 3. The first-order valence-corrected chi connectivity index (χ1v) is 12.8. The van der Waals surface area contributed by atoms with Crippen LogP contribution >= 0.6 is 0 Å². The summed E-state index contributed by atoms with van der Waals surface area (Å²) in [7, 11) is 1.50. The van der Waals surface area contributed by atoms with E-state index in [0.717, 1.165) is 21.9 Å². The van der Waals surface area contributed by atoms with E-state index in [2.05, 4.69) is 0 Å². The molecule has 0 N–H and O–H groups in total. The summed E-state index contributed by atoms with van der Waals surface area (Å²) in [5, 5.41) is 0. The number of hydrogen-bond acceptors (Lipinski definition) is 7. The normalized spacial score (nSPS) is 18.5. The van der Waals surface area contributed by atoms with E-state index in [1.807, 2.05) is 0 Å². The van der Waals surface area contributed by atoms with Crippen molar-refractivity contribution in [3.05, 3.63) is 53.6 Å². The number of amides is 2. The van der Waals surface area contributed by atoms with E-state index in [1.165, 1.54) is 20.1 Å². The van der Waals surface area contributed by atoms with Crippen LogP contribution < -0.4 is 14.4 Å². The Labute approximate surface area is 237 Å². The first kappa shape index (κ1) is 31.7. The highest BCUT2D eigenvalue weighted by atomic mass is 19.4. The van der Waals surface area contributed by atoms with Gasteiger partial charge in [-0.3, -0.25) is 9.69 Å². The molecule has 2 aromatic rings. The predicted octanol–water partition coefficient (Wildman–Crippen LogP) is 5.59. The molecule has 224 valence electrons. The fraction of sp³-hybridized carbons (Fsp3) is 0.483. The van der Waals surface area contributed by atoms with E-state index in [1.54, 1.807) is 58.9 Å². The minimum absolute atomic E-state index is 0.154. The number of anilines is 1. The highest BCUT2D eigenvalue weighted by Crippen LogP contribution is 2.41. The summed E-state index contributed by atoms with van der Waals surface area (Å²) in [5.74, 6) is -0.687. The molecule has 1 aliphatic heterocycles. The predicted molar refractivity (Wildman–Crippen MR) is 144 cm³/mol. The van der Waals surface area contributed by atoms with Gasteiger partial charge in [0, 0.05) is 5.69 Å². The third kappa shape index (κ3) is 7.10. The second-order valence-corrected chi connectivity index (χ2v) is 11.2. The molecule has 1 unspecified atom stereocenters. The van der Waals surface area contributed by atoms with Gasteiger partial charge in [0.1, 0.15) is 41.3 Å². The zero-order chi connectivity index (χ0) is 30.8. The summed E-state index contributed by atoms with van der Waals surface area (Å²) in [5.41, 5.74) is -4.61. The maximum absolute atomic E-state index is 14.1. The number of halogens is 3. The average Bonchev–Trinajstić information content (AvgIpc) is 3.13. The van der Waals surface area contributed by atoms with Crippen molar-refractivity contribution in [3.8, 4) is 11.5 Å². The molecular weight excluding hydrogens is 545 g/mol. The third-order valence-electron chi connectivity index (χ3n) is 6.41. The summed E-state index contributed by atoms with van der Waals surface area (Å²) in [6.07, 6.45) is -5.30. The Bertz CT molecular complexity index is 1270. The maximum atomic E-state index is 14.1. The number of alkyl halides is 3. The molecule has 41 heavy (non-hydrogen) atoms. The lowest BCUT2D eigenvalue weighted by molar-refractivity contribution is -0.139. The first-order valence-electron chi connectivity index (χ1n) is 12.8. The van der Waals surface area contributed by atoms with Crippen molar-refractivity contribution in [1.29, 1.82) is 0 Å². The van der Waals surface area contributed by atoms with Crippen molar-refractivity contribution >= 4 is 24.0 Å². The van der Waals surface area contributed by atoms with Crippen LogP contribution in [-0.4, -0.2) is 60.3 Å². The van der Waals surface area contributed by atoms with Crippen molar-refractivity contribution < 1.29 is 46.5 Å². The highest BCUT2D eigenvalue weighted by molar-refractivity contribution is 6.04. The lowest BCUT2D eigenvalue weighted by Gasteiger charge is -2.41. The van der Waals surface area contributed by atoms with Crippen LogP contribution in [0.1, 0.15) is 52.7 Å². The molecule has 0 saturated carbocycles. The lowest BCUT2D eigenvalue weighted by Crippen LogP contribution is -2.62. The SMILES string of the molecule is COc1ccc(COc2ccc(N(CC=O)C(=O)C3(C)COC(C)(C)N3C(=O)OC(C)(C)C)cc2C(F)(F)F)cc1. The molecule has 1 heterocycles. The van der Waals surface area contributed by atoms with Crippen molar-refractivity contribution in [2.75, 3.05) is 25.2 Å². The van der Waals surface area contributed by atoms with Gasteiger partial charge in [-0.15, -0.1) is 0 Å². The Morgan fingerprint density at radius 3 is 2.24 bits per heavy atom. The van der Waals surface area contributed by atoms with Gasteiger partial charge in [-0.2, -0.15) is 13.2 Å². The number of ether oxygens (including phenoxy) is 4. The first-order chi connectivity index (χ1) is 18.9. The minimum atomic E-state index is -4.84. The number of methoxy groups -OCH3 is 1. The lowest BCUT2D eigenvalue weighted by atomic mass is 9.98. The molecule has 0 radical (unpaired) electrons. The van der Waals surface area contributed by atoms with E-state index in [0.29, 0.717) is 17.6 Å². The highest BCUT2D eigenvalue weighted by Gasteiger charge is 2.58. The summed E-state index contributed by atoms with van der Waals surface area (Å²) in [6, 6.07) is 9.72. The fourth-order valence-corrected chi connectivity index (χ4v) is 4.51. The van der Waals surface area contributed by atoms with Gasteiger partial charge in [-0.05, 0) is 77.4 Å². The third-order valence-corrected chi connectivity index (χ3v) is 6.41. The number of hydrogen-bond donors (Lipinski definition) is 0. The van der Waals surface area contributed by atoms with E-state index in [9.17, 15) is 27.6 Å². The largest absolute Gasteiger partial charge is 0.497 e. The van der Waals surface area contributed by atoms with Crippen LogP contribution in [0.3, 0.4) is 0 Å². The summed E-state index contributed by atoms with van der Waals surface area (Å²) in [4.78, 5) is 40.7. The Morgan fingerprint density at radius 2 is 1.71 bits per heavy atom. The topological polar surface area (TPSA) is 94.6 Å². The van der Waals surface area contributed by atoms with Crippen LogP contribution in [0.4, 0.5) is 23.7 Å². The van der Waals surface area contributed by atoms with E-state index in [4.69, 9.17) is 18.9 Å². The molecule has 2 aromatic carbocycles. The fourth-order valence-electron chi connectivity index (χ4n) is 4.51. The van der Waals surface area contributed by atoms with Gasteiger partial charge in [0.25, 0.3) is 5.91 Å². The van der Waals surface area contributed by atoms with Crippen molar-refractivity contribution in [1.82, 2.24) is 4.90 Å². The Balaban J connectivity index is 1.98. The molecule has 0 bridgehead atoms. The summed E-state index contributed by atoms with van der Waals surface area (Å²) in [6.45, 7) is 8.52. The monoisotopic (exact) mass is 580 g/mol. The number of aldehydes is 1. The Kier molecular flexibility index (Phi) is 8.97. The van der Waals surface area contributed by atoms with Crippen LogP contribution in [0.5, 0.6) is 11.5 Å². The molecule has 1 aliphatic rings. The van der Waals surface area contributed by atoms with E-state index >= 15 is 0 Å². The molecule has 12 heteroatoms. The standard InChI is InChI=1S/C29H35F3N2O7/c1-26(2,3)41-25(37)34-27(4,5)40-18-28(34,6)24(36)33(14-15-35)20-10-13-23(22(16-20)29(30,31)32)39-17-19-8-11-21(38-7)12-9-19/h8-13,15-16H,14,17-18H2,1-7H3. The summed E-state index contributed by atoms with van der Waals surface area (Å²) >= 11 is 0. The molecule has 9 nitrogen and oxygen atoms in total. The van der Waals surface area contributed by atoms with Gasteiger partial charge in [-0.25, -0.2) is 4.79 Å². The number of nitrogens with zero attached hydrogens (tertiary/aromatic N) is 2. The molecule has 1 atom stereocenters. The Morgan fingerprint density at radius 1 is 1.07 bits per heavy atom. The average molecular weight is 581 g/mol. The van der Waals surface area contributed by atoms with Crippen LogP contribution in [0.2, 0.25) is 0 Å². The van der Waals surface area contributed by atoms with Crippen molar-refractivity contribution in [2.24, 2.45) is 0 Å². The van der Waals surface area contributed by atoms with Crippen LogP contribution in [0.15, 0.2) is 42.5 Å². The molecule has 3 rings (SSSR count). The van der Waals surface area contributed by atoms with E-state index < -0.39 is 52.9 Å². The van der Waals surface area contributed by atoms with Gasteiger partial charge >= 0.3 is 12.3 Å². The number of carbonyl (C=O) groups is 3. The van der Waals surface area contributed by atoms with Crippen molar-refractivity contribution in [2.45, 2.75) is 71.2 Å². The Hall–Kier alpha value is -3.80.